The largest absolute Gasteiger partial charge is 0.489 e. The van der Waals surface area contributed by atoms with Crippen LogP contribution in [-0.4, -0.2) is 19.7 Å². The van der Waals surface area contributed by atoms with E-state index in [4.69, 9.17) is 16.3 Å². The number of halogens is 2. The minimum absolute atomic E-state index is 0.0191. The van der Waals surface area contributed by atoms with E-state index in [1.807, 2.05) is 7.05 Å². The summed E-state index contributed by atoms with van der Waals surface area (Å²) in [5.74, 6) is 0.410. The van der Waals surface area contributed by atoms with Crippen LogP contribution in [0.5, 0.6) is 5.75 Å². The molecule has 1 atom stereocenters. The van der Waals surface area contributed by atoms with Gasteiger partial charge in [-0.2, -0.15) is 0 Å². The van der Waals surface area contributed by atoms with E-state index >= 15 is 0 Å². The smallest absolute Gasteiger partial charge is 0.145 e. The molecule has 0 saturated heterocycles. The van der Waals surface area contributed by atoms with Gasteiger partial charge in [-0.3, -0.25) is 0 Å². The molecular weight excluding hydrogens is 229 g/mol. The molecule has 0 aliphatic heterocycles. The first kappa shape index (κ1) is 13.3. The molecule has 0 bridgehead atoms. The Morgan fingerprint density at radius 2 is 2.12 bits per heavy atom. The first-order chi connectivity index (χ1) is 7.54. The van der Waals surface area contributed by atoms with Crippen LogP contribution < -0.4 is 10.1 Å². The van der Waals surface area contributed by atoms with Crippen molar-refractivity contribution in [2.75, 3.05) is 13.6 Å². The van der Waals surface area contributed by atoms with Gasteiger partial charge in [0, 0.05) is 12.6 Å². The molecule has 0 radical (unpaired) electrons. The monoisotopic (exact) mass is 245 g/mol. The highest BCUT2D eigenvalue weighted by Gasteiger charge is 2.14. The predicted molar refractivity (Wildman–Crippen MR) is 64.6 cm³/mol. The lowest BCUT2D eigenvalue weighted by atomic mass is 10.1. The number of rotatable bonds is 5. The number of benzene rings is 1. The molecule has 2 nitrogen and oxygen atoms in total. The van der Waals surface area contributed by atoms with Crippen molar-refractivity contribution in [3.8, 4) is 5.75 Å². The van der Waals surface area contributed by atoms with Crippen LogP contribution in [0, 0.1) is 11.7 Å². The molecule has 1 N–H and O–H groups in total. The molecule has 90 valence electrons. The zero-order valence-electron chi connectivity index (χ0n) is 9.76. The number of hydrogen-bond acceptors (Lipinski definition) is 2. The number of ether oxygens (including phenoxy) is 1. The van der Waals surface area contributed by atoms with Crippen LogP contribution in [0.15, 0.2) is 18.2 Å². The van der Waals surface area contributed by atoms with E-state index in [2.05, 4.69) is 19.2 Å². The Morgan fingerprint density at radius 1 is 1.44 bits per heavy atom. The lowest BCUT2D eigenvalue weighted by molar-refractivity contribution is 0.151. The number of hydrogen-bond donors (Lipinski definition) is 1. The summed E-state index contributed by atoms with van der Waals surface area (Å²) in [5, 5.41) is 3.16. The summed E-state index contributed by atoms with van der Waals surface area (Å²) in [4.78, 5) is 0. The van der Waals surface area contributed by atoms with Gasteiger partial charge in [-0.1, -0.05) is 25.4 Å². The molecule has 0 aliphatic rings. The molecule has 0 spiro atoms. The Kier molecular flexibility index (Phi) is 5.03. The molecule has 1 aromatic rings. The first-order valence-electron chi connectivity index (χ1n) is 5.31. The van der Waals surface area contributed by atoms with Crippen LogP contribution in [-0.2, 0) is 0 Å². The molecule has 1 rings (SSSR count). The zero-order chi connectivity index (χ0) is 12.1. The van der Waals surface area contributed by atoms with Gasteiger partial charge in [-0.25, -0.2) is 4.39 Å². The molecule has 4 heteroatoms. The van der Waals surface area contributed by atoms with E-state index in [1.54, 1.807) is 6.07 Å². The minimum atomic E-state index is -0.453. The highest BCUT2D eigenvalue weighted by molar-refractivity contribution is 6.30. The second-order valence-corrected chi connectivity index (χ2v) is 4.44. The Bertz CT molecular complexity index is 344. The maximum atomic E-state index is 13.2. The summed E-state index contributed by atoms with van der Waals surface area (Å²) in [6, 6.07) is 4.49. The third kappa shape index (κ3) is 3.65. The average Bonchev–Trinajstić information content (AvgIpc) is 2.22. The van der Waals surface area contributed by atoms with E-state index in [0.717, 1.165) is 6.54 Å². The number of likely N-dealkylation sites (N-methyl/N-ethyl adjacent to an activating group) is 1. The van der Waals surface area contributed by atoms with Crippen LogP contribution in [0.25, 0.3) is 0 Å². The van der Waals surface area contributed by atoms with Crippen LogP contribution in [0.2, 0.25) is 5.02 Å². The minimum Gasteiger partial charge on any atom is -0.489 e. The van der Waals surface area contributed by atoms with Crippen LogP contribution in [0.1, 0.15) is 13.8 Å². The molecule has 0 fully saturated rings. The van der Waals surface area contributed by atoms with Gasteiger partial charge in [-0.05, 0) is 25.1 Å². The third-order valence-electron chi connectivity index (χ3n) is 2.33. The molecule has 0 saturated carbocycles. The maximum absolute atomic E-state index is 13.2. The molecular formula is C12H17ClFNO. The first-order valence-corrected chi connectivity index (χ1v) is 5.68. The fourth-order valence-corrected chi connectivity index (χ4v) is 1.46. The summed E-state index contributed by atoms with van der Waals surface area (Å²) in [5.41, 5.74) is 0. The molecule has 16 heavy (non-hydrogen) atoms. The summed E-state index contributed by atoms with van der Waals surface area (Å²) in [7, 11) is 1.86. The quantitative estimate of drug-likeness (QED) is 0.861. The van der Waals surface area contributed by atoms with E-state index < -0.39 is 5.82 Å². The summed E-state index contributed by atoms with van der Waals surface area (Å²) < 4.78 is 18.9. The Hall–Kier alpha value is -0.800. The van der Waals surface area contributed by atoms with Gasteiger partial charge in [0.05, 0.1) is 5.02 Å². The Labute approximate surface area is 101 Å². The topological polar surface area (TPSA) is 21.3 Å². The van der Waals surface area contributed by atoms with Crippen molar-refractivity contribution in [2.24, 2.45) is 5.92 Å². The second kappa shape index (κ2) is 6.06. The lowest BCUT2D eigenvalue weighted by Gasteiger charge is -2.22. The van der Waals surface area contributed by atoms with Crippen molar-refractivity contribution in [1.82, 2.24) is 5.32 Å². The zero-order valence-corrected chi connectivity index (χ0v) is 10.5. The summed E-state index contributed by atoms with van der Waals surface area (Å²) >= 11 is 5.60. The van der Waals surface area contributed by atoms with Crippen LogP contribution in [0.4, 0.5) is 4.39 Å². The van der Waals surface area contributed by atoms with Crippen LogP contribution >= 0.6 is 11.6 Å². The molecule has 0 heterocycles. The number of nitrogens with one attached hydrogen (secondary N) is 1. The normalized spacial score (nSPS) is 12.9. The van der Waals surface area contributed by atoms with Gasteiger partial charge in [0.15, 0.2) is 0 Å². The summed E-state index contributed by atoms with van der Waals surface area (Å²) in [6.45, 7) is 4.85. The Balaban J connectivity index is 2.73. The molecule has 0 aliphatic carbocycles. The van der Waals surface area contributed by atoms with Gasteiger partial charge < -0.3 is 10.1 Å². The standard InChI is InChI=1S/C12H17ClFNO/c1-8(2)12(7-15-3)16-9-4-5-10(13)11(14)6-9/h4-6,8,12,15H,7H2,1-3H3. The van der Waals surface area contributed by atoms with Gasteiger partial charge in [0.25, 0.3) is 0 Å². The highest BCUT2D eigenvalue weighted by atomic mass is 35.5. The van der Waals surface area contributed by atoms with Crippen LogP contribution in [0.3, 0.4) is 0 Å². The van der Waals surface area contributed by atoms with Crippen molar-refractivity contribution >= 4 is 11.6 Å². The molecule has 0 amide bonds. The third-order valence-corrected chi connectivity index (χ3v) is 2.63. The van der Waals surface area contributed by atoms with E-state index in [-0.39, 0.29) is 11.1 Å². The van der Waals surface area contributed by atoms with Crippen molar-refractivity contribution in [1.29, 1.82) is 0 Å². The van der Waals surface area contributed by atoms with Crippen molar-refractivity contribution in [3.05, 3.63) is 29.0 Å². The SMILES string of the molecule is CNCC(Oc1ccc(Cl)c(F)c1)C(C)C. The fraction of sp³-hybridized carbons (Fsp3) is 0.500. The Morgan fingerprint density at radius 3 is 2.62 bits per heavy atom. The van der Waals surface area contributed by atoms with Gasteiger partial charge in [0.1, 0.15) is 17.7 Å². The van der Waals surface area contributed by atoms with E-state index in [0.29, 0.717) is 11.7 Å². The lowest BCUT2D eigenvalue weighted by Crippen LogP contribution is -2.33. The highest BCUT2D eigenvalue weighted by Crippen LogP contribution is 2.22. The van der Waals surface area contributed by atoms with Crippen molar-refractivity contribution in [3.63, 3.8) is 0 Å². The van der Waals surface area contributed by atoms with Gasteiger partial charge in [0.2, 0.25) is 0 Å². The second-order valence-electron chi connectivity index (χ2n) is 4.03. The van der Waals surface area contributed by atoms with Gasteiger partial charge >= 0.3 is 0 Å². The molecule has 0 aromatic heterocycles. The average molecular weight is 246 g/mol. The molecule has 1 aromatic carbocycles. The van der Waals surface area contributed by atoms with Gasteiger partial charge in [-0.15, -0.1) is 0 Å². The van der Waals surface area contributed by atoms with Crippen molar-refractivity contribution < 1.29 is 9.13 Å². The van der Waals surface area contributed by atoms with Crippen molar-refractivity contribution in [2.45, 2.75) is 20.0 Å². The predicted octanol–water partition coefficient (Wildman–Crippen LogP) is 3.10. The van der Waals surface area contributed by atoms with E-state index in [1.165, 1.54) is 12.1 Å². The summed E-state index contributed by atoms with van der Waals surface area (Å²) in [6.07, 6.45) is 0.0191. The maximum Gasteiger partial charge on any atom is 0.145 e. The van der Waals surface area contributed by atoms with E-state index in [9.17, 15) is 4.39 Å². The molecule has 1 unspecified atom stereocenters. The fourth-order valence-electron chi connectivity index (χ4n) is 1.34.